The Morgan fingerprint density at radius 1 is 0.684 bits per heavy atom. The van der Waals surface area contributed by atoms with E-state index < -0.39 is 0 Å². The van der Waals surface area contributed by atoms with E-state index in [9.17, 15) is 0 Å². The van der Waals surface area contributed by atoms with Gasteiger partial charge in [0.2, 0.25) is 0 Å². The predicted molar refractivity (Wildman–Crippen MR) is 95.5 cm³/mol. The van der Waals surface area contributed by atoms with Gasteiger partial charge in [0, 0.05) is 16.0 Å². The molecule has 0 fully saturated rings. The first-order valence-electron chi connectivity index (χ1n) is 6.01. The fraction of sp³-hybridized carbons (Fsp3) is 0.250. The van der Waals surface area contributed by atoms with Crippen LogP contribution < -0.4 is 0 Å². The van der Waals surface area contributed by atoms with E-state index in [0.717, 1.165) is 16.0 Å². The standard InChI is InChI=1S/C9H9Br3.C7H8/c10-4-7-1-8(5-11)3-9(2-7)6-12;1-7-5-3-2-4-6-7/h1-3H,4-6H2;2-6H,1H3. The average Bonchev–Trinajstić information content (AvgIpc) is 2.48. The second-order valence-electron chi connectivity index (χ2n) is 4.21. The Morgan fingerprint density at radius 2 is 1.05 bits per heavy atom. The van der Waals surface area contributed by atoms with Crippen molar-refractivity contribution in [2.24, 2.45) is 0 Å². The minimum atomic E-state index is 0.924. The summed E-state index contributed by atoms with van der Waals surface area (Å²) in [5.41, 5.74) is 5.33. The van der Waals surface area contributed by atoms with Crippen LogP contribution >= 0.6 is 47.8 Å². The zero-order chi connectivity index (χ0) is 14.1. The van der Waals surface area contributed by atoms with E-state index in [1.807, 2.05) is 18.2 Å². The number of halogens is 3. The summed E-state index contributed by atoms with van der Waals surface area (Å²) in [5, 5.41) is 2.77. The molecule has 0 amide bonds. The maximum atomic E-state index is 3.45. The number of hydrogen-bond acceptors (Lipinski definition) is 0. The molecule has 2 rings (SSSR count). The Labute approximate surface area is 141 Å². The monoisotopic (exact) mass is 446 g/mol. The topological polar surface area (TPSA) is 0 Å². The van der Waals surface area contributed by atoms with Gasteiger partial charge in [-0.3, -0.25) is 0 Å². The predicted octanol–water partition coefficient (Wildman–Crippen LogP) is 6.37. The van der Waals surface area contributed by atoms with Crippen molar-refractivity contribution in [1.29, 1.82) is 0 Å². The van der Waals surface area contributed by atoms with Crippen LogP contribution in [0.2, 0.25) is 0 Å². The molecule has 0 aliphatic heterocycles. The minimum Gasteiger partial charge on any atom is -0.0876 e. The third-order valence-electron chi connectivity index (χ3n) is 2.52. The molecule has 0 saturated carbocycles. The van der Waals surface area contributed by atoms with Gasteiger partial charge in [-0.15, -0.1) is 0 Å². The minimum absolute atomic E-state index is 0.924. The van der Waals surface area contributed by atoms with Crippen molar-refractivity contribution < 1.29 is 0 Å². The number of benzene rings is 2. The van der Waals surface area contributed by atoms with E-state index in [0.29, 0.717) is 0 Å². The lowest BCUT2D eigenvalue weighted by molar-refractivity contribution is 1.29. The average molecular weight is 449 g/mol. The molecule has 3 heteroatoms. The van der Waals surface area contributed by atoms with Crippen LogP contribution in [0, 0.1) is 6.92 Å². The van der Waals surface area contributed by atoms with Crippen molar-refractivity contribution in [3.63, 3.8) is 0 Å². The molecule has 0 spiro atoms. The smallest absolute Gasteiger partial charge is 0.0283 e. The highest BCUT2D eigenvalue weighted by Crippen LogP contribution is 2.17. The molecular formula is C16H17Br3. The van der Waals surface area contributed by atoms with E-state index >= 15 is 0 Å². The molecule has 0 N–H and O–H groups in total. The first-order chi connectivity index (χ1) is 9.19. The molecule has 0 aromatic heterocycles. The molecule has 19 heavy (non-hydrogen) atoms. The van der Waals surface area contributed by atoms with Crippen molar-refractivity contribution >= 4 is 47.8 Å². The summed E-state index contributed by atoms with van der Waals surface area (Å²) in [6.45, 7) is 2.08. The molecule has 0 bridgehead atoms. The van der Waals surface area contributed by atoms with Gasteiger partial charge in [-0.25, -0.2) is 0 Å². The first kappa shape index (κ1) is 16.9. The van der Waals surface area contributed by atoms with Crippen LogP contribution in [-0.4, -0.2) is 0 Å². The summed E-state index contributed by atoms with van der Waals surface area (Å²) >= 11 is 10.4. The molecule has 0 aliphatic rings. The number of rotatable bonds is 3. The van der Waals surface area contributed by atoms with E-state index in [1.165, 1.54) is 22.3 Å². The molecule has 102 valence electrons. The largest absolute Gasteiger partial charge is 0.0876 e. The molecule has 0 atom stereocenters. The maximum absolute atomic E-state index is 3.45. The van der Waals surface area contributed by atoms with Crippen molar-refractivity contribution in [1.82, 2.24) is 0 Å². The van der Waals surface area contributed by atoms with Crippen molar-refractivity contribution in [2.75, 3.05) is 0 Å². The van der Waals surface area contributed by atoms with Crippen LogP contribution in [0.3, 0.4) is 0 Å². The highest BCUT2D eigenvalue weighted by atomic mass is 79.9. The molecule has 2 aromatic carbocycles. The lowest BCUT2D eigenvalue weighted by Crippen LogP contribution is -1.87. The Balaban J connectivity index is 0.000000218. The van der Waals surface area contributed by atoms with Crippen molar-refractivity contribution in [2.45, 2.75) is 22.9 Å². The third-order valence-corrected chi connectivity index (χ3v) is 4.46. The zero-order valence-electron chi connectivity index (χ0n) is 10.9. The highest BCUT2D eigenvalue weighted by molar-refractivity contribution is 9.09. The molecule has 0 heterocycles. The van der Waals surface area contributed by atoms with Crippen LogP contribution in [0.4, 0.5) is 0 Å². The Bertz CT molecular complexity index is 425. The number of hydrogen-bond donors (Lipinski definition) is 0. The summed E-state index contributed by atoms with van der Waals surface area (Å²) < 4.78 is 0. The summed E-state index contributed by atoms with van der Waals surface area (Å²) in [4.78, 5) is 0. The highest BCUT2D eigenvalue weighted by Gasteiger charge is 1.98. The lowest BCUT2D eigenvalue weighted by Gasteiger charge is -2.03. The van der Waals surface area contributed by atoms with E-state index in [4.69, 9.17) is 0 Å². The van der Waals surface area contributed by atoms with Gasteiger partial charge in [-0.05, 0) is 23.6 Å². The van der Waals surface area contributed by atoms with Crippen LogP contribution in [0.15, 0.2) is 48.5 Å². The van der Waals surface area contributed by atoms with Gasteiger partial charge < -0.3 is 0 Å². The Hall–Kier alpha value is -0.120. The molecule has 0 aliphatic carbocycles. The van der Waals surface area contributed by atoms with Crippen molar-refractivity contribution in [3.8, 4) is 0 Å². The summed E-state index contributed by atoms with van der Waals surface area (Å²) in [6.07, 6.45) is 0. The maximum Gasteiger partial charge on any atom is 0.0283 e. The molecule has 2 aromatic rings. The zero-order valence-corrected chi connectivity index (χ0v) is 15.6. The Kier molecular flexibility index (Phi) is 8.67. The van der Waals surface area contributed by atoms with Crippen LogP contribution in [0.5, 0.6) is 0 Å². The lowest BCUT2D eigenvalue weighted by atomic mass is 10.1. The van der Waals surface area contributed by atoms with Crippen LogP contribution in [0.1, 0.15) is 22.3 Å². The van der Waals surface area contributed by atoms with E-state index in [2.05, 4.69) is 85.0 Å². The number of aryl methyl sites for hydroxylation is 1. The van der Waals surface area contributed by atoms with Gasteiger partial charge in [0.1, 0.15) is 0 Å². The number of alkyl halides is 3. The fourth-order valence-corrected chi connectivity index (χ4v) is 2.58. The van der Waals surface area contributed by atoms with Gasteiger partial charge in [0.25, 0.3) is 0 Å². The fourth-order valence-electron chi connectivity index (χ4n) is 1.61. The first-order valence-corrected chi connectivity index (χ1v) is 9.37. The van der Waals surface area contributed by atoms with Crippen molar-refractivity contribution in [3.05, 3.63) is 70.8 Å². The van der Waals surface area contributed by atoms with E-state index in [1.54, 1.807) is 0 Å². The summed E-state index contributed by atoms with van der Waals surface area (Å²) in [5.74, 6) is 0. The second-order valence-corrected chi connectivity index (χ2v) is 5.90. The molecule has 0 radical (unpaired) electrons. The summed E-state index contributed by atoms with van der Waals surface area (Å²) in [6, 6.07) is 16.9. The molecule has 0 saturated heterocycles. The van der Waals surface area contributed by atoms with Crippen LogP contribution in [0.25, 0.3) is 0 Å². The molecular weight excluding hydrogens is 432 g/mol. The molecule has 0 unspecified atom stereocenters. The third kappa shape index (κ3) is 6.73. The normalized spacial score (nSPS) is 9.68. The Morgan fingerprint density at radius 3 is 1.26 bits per heavy atom. The summed E-state index contributed by atoms with van der Waals surface area (Å²) in [7, 11) is 0. The SMILES string of the molecule is BrCc1cc(CBr)cc(CBr)c1.Cc1ccccc1. The van der Waals surface area contributed by atoms with E-state index in [-0.39, 0.29) is 0 Å². The second kappa shape index (κ2) is 9.73. The van der Waals surface area contributed by atoms with Crippen LogP contribution in [-0.2, 0) is 16.0 Å². The molecule has 0 nitrogen and oxygen atoms in total. The van der Waals surface area contributed by atoms with Gasteiger partial charge in [-0.1, -0.05) is 102 Å². The van der Waals surface area contributed by atoms with Gasteiger partial charge in [0.05, 0.1) is 0 Å². The van der Waals surface area contributed by atoms with Gasteiger partial charge >= 0.3 is 0 Å². The van der Waals surface area contributed by atoms with Gasteiger partial charge in [-0.2, -0.15) is 0 Å². The quantitative estimate of drug-likeness (QED) is 0.479. The van der Waals surface area contributed by atoms with Gasteiger partial charge in [0.15, 0.2) is 0 Å².